The molecule has 4 nitrogen and oxygen atoms in total. The third kappa shape index (κ3) is 4.12. The third-order valence-electron chi connectivity index (χ3n) is 2.96. The summed E-state index contributed by atoms with van der Waals surface area (Å²) in [5.41, 5.74) is 0. The zero-order valence-electron chi connectivity index (χ0n) is 11.1. The number of hydrogen-bond acceptors (Lipinski definition) is 4. The summed E-state index contributed by atoms with van der Waals surface area (Å²) in [5.74, 6) is 1.82. The Balaban J connectivity index is 2.65. The molecule has 102 valence electrons. The van der Waals surface area contributed by atoms with E-state index in [2.05, 4.69) is 5.32 Å². The van der Waals surface area contributed by atoms with Gasteiger partial charge in [-0.2, -0.15) is 16.1 Å². The maximum Gasteiger partial charge on any atom is 0.218 e. The highest BCUT2D eigenvalue weighted by atomic mass is 32.2. The van der Waals surface area contributed by atoms with Crippen LogP contribution < -0.4 is 5.32 Å². The Labute approximate surface area is 110 Å². The second-order valence-electron chi connectivity index (χ2n) is 4.95. The van der Waals surface area contributed by atoms with Gasteiger partial charge < -0.3 is 5.32 Å². The Hall–Kier alpha value is 0.220. The highest BCUT2D eigenvalue weighted by Crippen LogP contribution is 2.21. The van der Waals surface area contributed by atoms with Crippen LogP contribution in [0.5, 0.6) is 0 Å². The molecule has 1 fully saturated rings. The molecule has 0 aliphatic carbocycles. The Morgan fingerprint density at radius 1 is 1.41 bits per heavy atom. The average Bonchev–Trinajstić information content (AvgIpc) is 2.26. The lowest BCUT2D eigenvalue weighted by Gasteiger charge is -2.34. The maximum absolute atomic E-state index is 12.4. The SMILES string of the molecule is CC(C)NCC(C)S(=O)(=O)N1CCSCC1C. The van der Waals surface area contributed by atoms with Crippen molar-refractivity contribution in [2.24, 2.45) is 0 Å². The van der Waals surface area contributed by atoms with Crippen molar-refractivity contribution in [3.8, 4) is 0 Å². The Kier molecular flexibility index (Phi) is 5.76. The summed E-state index contributed by atoms with van der Waals surface area (Å²) in [6, 6.07) is 0.447. The molecule has 1 rings (SSSR count). The van der Waals surface area contributed by atoms with E-state index in [9.17, 15) is 8.42 Å². The first-order valence-corrected chi connectivity index (χ1v) is 8.83. The number of rotatable bonds is 5. The first-order chi connectivity index (χ1) is 7.85. The molecule has 2 atom stereocenters. The molecular formula is C11H24N2O2S2. The second-order valence-corrected chi connectivity index (χ2v) is 8.41. The fourth-order valence-electron chi connectivity index (χ4n) is 1.83. The van der Waals surface area contributed by atoms with Crippen LogP contribution >= 0.6 is 11.8 Å². The molecule has 1 heterocycles. The minimum Gasteiger partial charge on any atom is -0.313 e. The van der Waals surface area contributed by atoms with Crippen molar-refractivity contribution in [3.05, 3.63) is 0 Å². The van der Waals surface area contributed by atoms with Gasteiger partial charge in [0.25, 0.3) is 0 Å². The van der Waals surface area contributed by atoms with E-state index in [-0.39, 0.29) is 11.3 Å². The van der Waals surface area contributed by atoms with E-state index in [0.29, 0.717) is 19.1 Å². The summed E-state index contributed by atoms with van der Waals surface area (Å²) < 4.78 is 26.4. The second kappa shape index (κ2) is 6.41. The summed E-state index contributed by atoms with van der Waals surface area (Å²) >= 11 is 1.83. The monoisotopic (exact) mass is 280 g/mol. The smallest absolute Gasteiger partial charge is 0.218 e. The minimum atomic E-state index is -3.15. The van der Waals surface area contributed by atoms with Gasteiger partial charge in [0.15, 0.2) is 0 Å². The molecule has 0 saturated carbocycles. The molecule has 1 aliphatic rings. The summed E-state index contributed by atoms with van der Waals surface area (Å²) in [6.07, 6.45) is 0. The van der Waals surface area contributed by atoms with Crippen molar-refractivity contribution in [1.29, 1.82) is 0 Å². The van der Waals surface area contributed by atoms with E-state index >= 15 is 0 Å². The van der Waals surface area contributed by atoms with E-state index in [4.69, 9.17) is 0 Å². The highest BCUT2D eigenvalue weighted by Gasteiger charge is 2.33. The predicted molar refractivity (Wildman–Crippen MR) is 75.0 cm³/mol. The zero-order chi connectivity index (χ0) is 13.1. The van der Waals surface area contributed by atoms with Crippen LogP contribution in [0.2, 0.25) is 0 Å². The van der Waals surface area contributed by atoms with Gasteiger partial charge in [-0.05, 0) is 13.8 Å². The number of nitrogens with one attached hydrogen (secondary N) is 1. The standard InChI is InChI=1S/C11H24N2O2S2/c1-9(2)12-7-11(4)17(14,15)13-5-6-16-8-10(13)3/h9-12H,5-8H2,1-4H3. The minimum absolute atomic E-state index is 0.125. The normalized spacial score (nSPS) is 25.1. The number of nitrogens with zero attached hydrogens (tertiary/aromatic N) is 1. The highest BCUT2D eigenvalue weighted by molar-refractivity contribution is 7.99. The Bertz CT molecular complexity index is 330. The lowest BCUT2D eigenvalue weighted by Crippen LogP contribution is -2.50. The van der Waals surface area contributed by atoms with E-state index in [1.54, 1.807) is 11.2 Å². The maximum atomic E-state index is 12.4. The van der Waals surface area contributed by atoms with Crippen LogP contribution in [0.25, 0.3) is 0 Å². The van der Waals surface area contributed by atoms with Crippen molar-refractivity contribution in [3.63, 3.8) is 0 Å². The lowest BCUT2D eigenvalue weighted by atomic mass is 10.3. The van der Waals surface area contributed by atoms with Crippen LogP contribution in [0.15, 0.2) is 0 Å². The summed E-state index contributed by atoms with van der Waals surface area (Å²) in [6.45, 7) is 9.01. The predicted octanol–water partition coefficient (Wildman–Crippen LogP) is 1.14. The van der Waals surface area contributed by atoms with Gasteiger partial charge in [0.05, 0.1) is 5.25 Å². The van der Waals surface area contributed by atoms with Crippen LogP contribution in [0.4, 0.5) is 0 Å². The molecular weight excluding hydrogens is 256 g/mol. The fraction of sp³-hybridized carbons (Fsp3) is 1.00. The van der Waals surface area contributed by atoms with Gasteiger partial charge in [0, 0.05) is 36.7 Å². The molecule has 2 unspecified atom stereocenters. The fourth-order valence-corrected chi connectivity index (χ4v) is 4.74. The first-order valence-electron chi connectivity index (χ1n) is 6.17. The first kappa shape index (κ1) is 15.3. The molecule has 0 bridgehead atoms. The molecule has 0 radical (unpaired) electrons. The molecule has 1 saturated heterocycles. The number of sulfonamides is 1. The molecule has 1 N–H and O–H groups in total. The Morgan fingerprint density at radius 3 is 2.59 bits per heavy atom. The summed E-state index contributed by atoms with van der Waals surface area (Å²) in [4.78, 5) is 0. The van der Waals surface area contributed by atoms with Gasteiger partial charge in [-0.1, -0.05) is 13.8 Å². The van der Waals surface area contributed by atoms with Crippen LogP contribution in [-0.4, -0.2) is 54.7 Å². The van der Waals surface area contributed by atoms with Crippen LogP contribution in [0.3, 0.4) is 0 Å². The van der Waals surface area contributed by atoms with E-state index in [1.165, 1.54) is 0 Å². The molecule has 17 heavy (non-hydrogen) atoms. The van der Waals surface area contributed by atoms with E-state index in [1.807, 2.05) is 32.5 Å². The van der Waals surface area contributed by atoms with Gasteiger partial charge >= 0.3 is 0 Å². The quantitative estimate of drug-likeness (QED) is 0.820. The number of hydrogen-bond donors (Lipinski definition) is 1. The van der Waals surface area contributed by atoms with Crippen molar-refractivity contribution in [2.75, 3.05) is 24.6 Å². The van der Waals surface area contributed by atoms with Crippen molar-refractivity contribution < 1.29 is 8.42 Å². The Morgan fingerprint density at radius 2 is 2.06 bits per heavy atom. The van der Waals surface area contributed by atoms with Crippen LogP contribution in [-0.2, 0) is 10.0 Å². The van der Waals surface area contributed by atoms with Crippen molar-refractivity contribution in [2.45, 2.75) is 45.0 Å². The molecule has 0 amide bonds. The van der Waals surface area contributed by atoms with Gasteiger partial charge in [-0.25, -0.2) is 8.42 Å². The molecule has 0 aromatic rings. The summed E-state index contributed by atoms with van der Waals surface area (Å²) in [7, 11) is -3.15. The molecule has 0 aromatic heterocycles. The average molecular weight is 280 g/mol. The molecule has 0 aromatic carbocycles. The largest absolute Gasteiger partial charge is 0.313 e. The molecule has 1 aliphatic heterocycles. The van der Waals surface area contributed by atoms with Crippen molar-refractivity contribution in [1.82, 2.24) is 9.62 Å². The van der Waals surface area contributed by atoms with E-state index < -0.39 is 10.0 Å². The van der Waals surface area contributed by atoms with Gasteiger partial charge in [-0.3, -0.25) is 0 Å². The van der Waals surface area contributed by atoms with Crippen LogP contribution in [0.1, 0.15) is 27.7 Å². The molecule has 0 spiro atoms. The topological polar surface area (TPSA) is 49.4 Å². The number of thioether (sulfide) groups is 1. The summed E-state index contributed by atoms with van der Waals surface area (Å²) in [5, 5.41) is 2.84. The van der Waals surface area contributed by atoms with Crippen molar-refractivity contribution >= 4 is 21.8 Å². The van der Waals surface area contributed by atoms with Gasteiger partial charge in [0.1, 0.15) is 0 Å². The van der Waals surface area contributed by atoms with E-state index in [0.717, 1.165) is 11.5 Å². The lowest BCUT2D eigenvalue weighted by molar-refractivity contribution is 0.361. The third-order valence-corrected chi connectivity index (χ3v) is 6.52. The zero-order valence-corrected chi connectivity index (χ0v) is 12.8. The van der Waals surface area contributed by atoms with Crippen LogP contribution in [0, 0.1) is 0 Å². The van der Waals surface area contributed by atoms with Gasteiger partial charge in [0.2, 0.25) is 10.0 Å². The molecule has 6 heteroatoms. The van der Waals surface area contributed by atoms with Gasteiger partial charge in [-0.15, -0.1) is 0 Å².